The average Bonchev–Trinajstić information content (AvgIpc) is 2.36. The fourth-order valence-electron chi connectivity index (χ4n) is 0.787. The summed E-state index contributed by atoms with van der Waals surface area (Å²) in [5, 5.41) is 28.4. The number of rotatable bonds is 8. The van der Waals surface area contributed by atoms with Gasteiger partial charge in [-0.3, -0.25) is 14.4 Å². The fourth-order valence-corrected chi connectivity index (χ4v) is 1.66. The molecule has 0 aromatic heterocycles. The van der Waals surface area contributed by atoms with Crippen LogP contribution in [0.2, 0.25) is 4.13 Å². The average molecular weight is 452 g/mol. The van der Waals surface area contributed by atoms with Gasteiger partial charge in [0.15, 0.2) is 0 Å². The third-order valence-electron chi connectivity index (χ3n) is 1.71. The Balaban J connectivity index is -0.000000125. The zero-order valence-corrected chi connectivity index (χ0v) is 17.9. The van der Waals surface area contributed by atoms with Gasteiger partial charge in [-0.15, -0.1) is 0 Å². The van der Waals surface area contributed by atoms with Crippen LogP contribution < -0.4 is 15.3 Å². The van der Waals surface area contributed by atoms with Crippen LogP contribution in [0, 0.1) is 0 Å². The SMILES string of the molecule is CC(=O)CC(=O)[O-].CC(=O)CC(=O)[O-].CC(=O)CC(=O)[O-].CCC[CH2][Zr+3]. The molecular weight excluding hydrogens is 427 g/mol. The second-order valence-electron chi connectivity index (χ2n) is 4.86. The molecule has 0 spiro atoms. The third kappa shape index (κ3) is 66.9. The number of carboxylic acid groups (broad SMARTS) is 3. The second-order valence-corrected chi connectivity index (χ2v) is 6.08. The Morgan fingerprint density at radius 2 is 0.885 bits per heavy atom. The van der Waals surface area contributed by atoms with E-state index in [1.54, 1.807) is 24.7 Å². The van der Waals surface area contributed by atoms with Crippen molar-refractivity contribution in [1.29, 1.82) is 0 Å². The van der Waals surface area contributed by atoms with Crippen molar-refractivity contribution in [2.24, 2.45) is 0 Å². The Morgan fingerprint density at radius 1 is 0.654 bits per heavy atom. The number of unbranched alkanes of at least 4 members (excludes halogenated alkanes) is 1. The van der Waals surface area contributed by atoms with Crippen LogP contribution in [0.25, 0.3) is 0 Å². The molecule has 0 fully saturated rings. The summed E-state index contributed by atoms with van der Waals surface area (Å²) in [6.45, 7) is 5.84. The van der Waals surface area contributed by atoms with E-state index >= 15 is 0 Å². The molecule has 146 valence electrons. The van der Waals surface area contributed by atoms with E-state index in [0.717, 1.165) is 0 Å². The van der Waals surface area contributed by atoms with Crippen molar-refractivity contribution in [3.05, 3.63) is 0 Å². The van der Waals surface area contributed by atoms with E-state index in [4.69, 9.17) is 0 Å². The molecule has 0 unspecified atom stereocenters. The Kier molecular flexibility index (Phi) is 28.7. The first kappa shape index (κ1) is 32.0. The number of Topliss-reactive ketones (excluding diaryl/α,β-unsaturated/α-hetero) is 3. The zero-order valence-electron chi connectivity index (χ0n) is 15.4. The Hall–Kier alpha value is -1.70. The van der Waals surface area contributed by atoms with E-state index in [9.17, 15) is 44.1 Å². The number of carbonyl (C=O) groups excluding carboxylic acids is 6. The minimum absolute atomic E-state index is 0.375. The molecule has 0 saturated carbocycles. The Bertz CT molecular complexity index is 359. The van der Waals surface area contributed by atoms with Crippen LogP contribution in [-0.2, 0) is 53.5 Å². The molecule has 0 aliphatic rings. The molecule has 26 heavy (non-hydrogen) atoms. The monoisotopic (exact) mass is 450 g/mol. The summed E-state index contributed by atoms with van der Waals surface area (Å²) < 4.78 is 1.43. The van der Waals surface area contributed by atoms with E-state index in [1.807, 2.05) is 0 Å². The van der Waals surface area contributed by atoms with Crippen LogP contribution in [0.3, 0.4) is 0 Å². The molecule has 0 rings (SSSR count). The van der Waals surface area contributed by atoms with Crippen molar-refractivity contribution in [2.45, 2.75) is 63.9 Å². The molecule has 0 aliphatic heterocycles. The van der Waals surface area contributed by atoms with Gasteiger partial charge in [-0.25, -0.2) is 0 Å². The summed E-state index contributed by atoms with van der Waals surface area (Å²) in [6.07, 6.45) is 1.38. The molecule has 0 aromatic carbocycles. The molecule has 0 aromatic rings. The zero-order chi connectivity index (χ0) is 21.7. The van der Waals surface area contributed by atoms with Gasteiger partial charge in [0.25, 0.3) is 0 Å². The van der Waals surface area contributed by atoms with Crippen molar-refractivity contribution >= 4 is 35.3 Å². The van der Waals surface area contributed by atoms with Crippen molar-refractivity contribution in [3.8, 4) is 0 Å². The first-order chi connectivity index (χ1) is 11.8. The topological polar surface area (TPSA) is 172 Å². The van der Waals surface area contributed by atoms with E-state index in [1.165, 1.54) is 37.7 Å². The molecule has 0 saturated heterocycles. The van der Waals surface area contributed by atoms with Gasteiger partial charge >= 0.3 is 48.6 Å². The summed E-state index contributed by atoms with van der Waals surface area (Å²) in [4.78, 5) is 57.9. The van der Waals surface area contributed by atoms with Gasteiger partial charge in [0, 0.05) is 37.2 Å². The number of hydrogen-bond acceptors (Lipinski definition) is 9. The predicted molar refractivity (Wildman–Crippen MR) is 80.6 cm³/mol. The maximum atomic E-state index is 9.83. The van der Waals surface area contributed by atoms with Gasteiger partial charge < -0.3 is 29.7 Å². The Morgan fingerprint density at radius 3 is 0.885 bits per heavy atom. The molecule has 0 atom stereocenters. The summed E-state index contributed by atoms with van der Waals surface area (Å²) >= 11 is 1.68. The number of aliphatic carboxylic acids is 3. The maximum absolute atomic E-state index is 9.83. The van der Waals surface area contributed by atoms with E-state index < -0.39 is 37.2 Å². The van der Waals surface area contributed by atoms with Crippen molar-refractivity contribution < 1.29 is 68.8 Å². The van der Waals surface area contributed by atoms with Crippen molar-refractivity contribution in [3.63, 3.8) is 0 Å². The minimum atomic E-state index is -1.31. The van der Waals surface area contributed by atoms with Gasteiger partial charge in [-0.1, -0.05) is 0 Å². The standard InChI is InChI=1S/3C4H6O3.C4H9.Zr/c3*1-3(5)2-4(6)7;1-3-4-2;/h3*2H2,1H3,(H,6,7);1,3-4H2,2H3;/q;;;;+3/p-3. The summed E-state index contributed by atoms with van der Waals surface area (Å²) in [7, 11) is 0. The summed E-state index contributed by atoms with van der Waals surface area (Å²) in [5.74, 6) is -5.06. The molecule has 0 N–H and O–H groups in total. The van der Waals surface area contributed by atoms with Crippen LogP contribution in [0.15, 0.2) is 0 Å². The first-order valence-corrected chi connectivity index (χ1v) is 9.26. The van der Waals surface area contributed by atoms with E-state index in [2.05, 4.69) is 6.92 Å². The number of carbonyl (C=O) groups is 6. The Labute approximate surface area is 168 Å². The molecule has 0 amide bonds. The van der Waals surface area contributed by atoms with Gasteiger partial charge in [0.1, 0.15) is 17.3 Å². The number of carboxylic acids is 3. The second kappa shape index (κ2) is 23.3. The molecule has 10 heteroatoms. The molecule has 0 heterocycles. The van der Waals surface area contributed by atoms with Crippen LogP contribution in [0.5, 0.6) is 0 Å². The van der Waals surface area contributed by atoms with Crippen molar-refractivity contribution in [2.75, 3.05) is 0 Å². The molecule has 0 aliphatic carbocycles. The first-order valence-electron chi connectivity index (χ1n) is 7.52. The van der Waals surface area contributed by atoms with Crippen molar-refractivity contribution in [1.82, 2.24) is 0 Å². The quantitative estimate of drug-likeness (QED) is 0.375. The van der Waals surface area contributed by atoms with Crippen LogP contribution in [0.4, 0.5) is 0 Å². The molecule has 0 bridgehead atoms. The molecular formula is C16H24O9Zr. The summed E-state index contributed by atoms with van der Waals surface area (Å²) in [5.41, 5.74) is 0. The van der Waals surface area contributed by atoms with Crippen LogP contribution in [-0.4, -0.2) is 35.3 Å². The molecule has 9 nitrogen and oxygen atoms in total. The predicted octanol–water partition coefficient (Wildman–Crippen LogP) is -2.10. The fraction of sp³-hybridized carbons (Fsp3) is 0.625. The van der Waals surface area contributed by atoms with Gasteiger partial charge in [0.2, 0.25) is 0 Å². The van der Waals surface area contributed by atoms with Gasteiger partial charge in [-0.05, 0) is 20.8 Å². The third-order valence-corrected chi connectivity index (χ3v) is 2.58. The summed E-state index contributed by atoms with van der Waals surface area (Å²) in [6, 6.07) is 0. The van der Waals surface area contributed by atoms with Crippen LogP contribution >= 0.6 is 0 Å². The van der Waals surface area contributed by atoms with E-state index in [0.29, 0.717) is 0 Å². The van der Waals surface area contributed by atoms with E-state index in [-0.39, 0.29) is 17.3 Å². The van der Waals surface area contributed by atoms with Crippen LogP contribution in [0.1, 0.15) is 59.8 Å². The normalized spacial score (nSPS) is 8.23. The molecule has 0 radical (unpaired) electrons. The number of hydrogen-bond donors (Lipinski definition) is 0. The number of ketones is 3. The van der Waals surface area contributed by atoms with Gasteiger partial charge in [0.05, 0.1) is 0 Å². The van der Waals surface area contributed by atoms with Gasteiger partial charge in [-0.2, -0.15) is 0 Å².